The van der Waals surface area contributed by atoms with E-state index in [1.165, 1.54) is 71.0 Å². The Morgan fingerprint density at radius 3 is 2.29 bits per heavy atom. The molecule has 0 radical (unpaired) electrons. The molecule has 2 heteroatoms. The van der Waals surface area contributed by atoms with Gasteiger partial charge in [-0.15, -0.1) is 0 Å². The maximum Gasteiger partial charge on any atom is 0.0117 e. The van der Waals surface area contributed by atoms with E-state index in [0.29, 0.717) is 0 Å². The van der Waals surface area contributed by atoms with Gasteiger partial charge in [0, 0.05) is 6.04 Å². The van der Waals surface area contributed by atoms with Crippen LogP contribution in [-0.2, 0) is 0 Å². The van der Waals surface area contributed by atoms with Crippen LogP contribution in [0.5, 0.6) is 0 Å². The summed E-state index contributed by atoms with van der Waals surface area (Å²) in [6, 6.07) is 0.856. The third-order valence-corrected chi connectivity index (χ3v) is 4.93. The van der Waals surface area contributed by atoms with Crippen molar-refractivity contribution in [3.63, 3.8) is 0 Å². The Bertz CT molecular complexity index is 203. The van der Waals surface area contributed by atoms with Crippen molar-refractivity contribution in [3.05, 3.63) is 0 Å². The second-order valence-electron chi connectivity index (χ2n) is 6.31. The zero-order chi connectivity index (χ0) is 12.1. The molecule has 2 nitrogen and oxygen atoms in total. The lowest BCUT2D eigenvalue weighted by Gasteiger charge is -2.36. The first-order chi connectivity index (χ1) is 8.25. The van der Waals surface area contributed by atoms with Crippen molar-refractivity contribution in [1.29, 1.82) is 0 Å². The van der Waals surface area contributed by atoms with Crippen molar-refractivity contribution in [2.24, 2.45) is 5.92 Å². The van der Waals surface area contributed by atoms with E-state index in [1.54, 1.807) is 0 Å². The molecule has 0 unspecified atom stereocenters. The summed E-state index contributed by atoms with van der Waals surface area (Å²) in [5, 5.41) is 0. The van der Waals surface area contributed by atoms with Gasteiger partial charge in [0.2, 0.25) is 0 Å². The van der Waals surface area contributed by atoms with Gasteiger partial charge in [-0.05, 0) is 58.9 Å². The maximum atomic E-state index is 2.64. The minimum Gasteiger partial charge on any atom is -0.306 e. The second kappa shape index (κ2) is 6.75. The number of hydrogen-bond donors (Lipinski definition) is 0. The molecule has 0 bridgehead atoms. The first kappa shape index (κ1) is 13.4. The molecule has 0 aromatic rings. The van der Waals surface area contributed by atoms with E-state index in [4.69, 9.17) is 0 Å². The summed E-state index contributed by atoms with van der Waals surface area (Å²) in [5.41, 5.74) is 0. The SMILES string of the molecule is CN1CCC(N(C)CCC2CCCCC2)CC1. The van der Waals surface area contributed by atoms with Crippen molar-refractivity contribution in [2.45, 2.75) is 57.4 Å². The number of rotatable bonds is 4. The van der Waals surface area contributed by atoms with Crippen molar-refractivity contribution in [2.75, 3.05) is 33.7 Å². The van der Waals surface area contributed by atoms with Gasteiger partial charge in [0.1, 0.15) is 0 Å². The fraction of sp³-hybridized carbons (Fsp3) is 1.00. The highest BCUT2D eigenvalue weighted by Crippen LogP contribution is 2.27. The zero-order valence-electron chi connectivity index (χ0n) is 11.8. The van der Waals surface area contributed by atoms with Crippen LogP contribution >= 0.6 is 0 Å². The van der Waals surface area contributed by atoms with Gasteiger partial charge in [0.05, 0.1) is 0 Å². The van der Waals surface area contributed by atoms with Crippen molar-refractivity contribution < 1.29 is 0 Å². The van der Waals surface area contributed by atoms with E-state index >= 15 is 0 Å². The van der Waals surface area contributed by atoms with Crippen LogP contribution in [0, 0.1) is 5.92 Å². The van der Waals surface area contributed by atoms with Gasteiger partial charge in [-0.2, -0.15) is 0 Å². The predicted molar refractivity (Wildman–Crippen MR) is 74.3 cm³/mol. The highest BCUT2D eigenvalue weighted by molar-refractivity contribution is 4.77. The largest absolute Gasteiger partial charge is 0.306 e. The molecule has 1 aliphatic carbocycles. The van der Waals surface area contributed by atoms with E-state index < -0.39 is 0 Å². The molecule has 0 amide bonds. The highest BCUT2D eigenvalue weighted by atomic mass is 15.2. The molecule has 0 atom stereocenters. The van der Waals surface area contributed by atoms with Gasteiger partial charge >= 0.3 is 0 Å². The lowest BCUT2D eigenvalue weighted by Crippen LogP contribution is -2.42. The third kappa shape index (κ3) is 4.26. The Labute approximate surface area is 107 Å². The van der Waals surface area contributed by atoms with Gasteiger partial charge in [0.15, 0.2) is 0 Å². The molecule has 2 fully saturated rings. The molecule has 0 spiro atoms. The lowest BCUT2D eigenvalue weighted by molar-refractivity contribution is 0.135. The fourth-order valence-electron chi connectivity index (χ4n) is 3.48. The monoisotopic (exact) mass is 238 g/mol. The van der Waals surface area contributed by atoms with Gasteiger partial charge in [-0.3, -0.25) is 0 Å². The number of hydrogen-bond acceptors (Lipinski definition) is 2. The molecule has 2 aliphatic rings. The van der Waals surface area contributed by atoms with Gasteiger partial charge in [0.25, 0.3) is 0 Å². The van der Waals surface area contributed by atoms with Crippen LogP contribution in [-0.4, -0.2) is 49.6 Å². The molecular formula is C15H30N2. The minimum atomic E-state index is 0.856. The molecule has 0 aromatic heterocycles. The molecule has 17 heavy (non-hydrogen) atoms. The van der Waals surface area contributed by atoms with Gasteiger partial charge in [-0.25, -0.2) is 0 Å². The molecule has 0 N–H and O–H groups in total. The first-order valence-corrected chi connectivity index (χ1v) is 7.64. The molecule has 100 valence electrons. The summed E-state index contributed by atoms with van der Waals surface area (Å²) >= 11 is 0. The maximum absolute atomic E-state index is 2.64. The number of likely N-dealkylation sites (tertiary alicyclic amines) is 1. The minimum absolute atomic E-state index is 0.856. The summed E-state index contributed by atoms with van der Waals surface area (Å²) in [6.07, 6.45) is 11.7. The Morgan fingerprint density at radius 2 is 1.65 bits per heavy atom. The van der Waals surface area contributed by atoms with Crippen LogP contribution in [0.2, 0.25) is 0 Å². The van der Waals surface area contributed by atoms with Crippen LogP contribution in [0.4, 0.5) is 0 Å². The standard InChI is InChI=1S/C15H30N2/c1-16-11-9-15(10-12-16)17(2)13-8-14-6-4-3-5-7-14/h14-15H,3-13H2,1-2H3. The Morgan fingerprint density at radius 1 is 1.00 bits per heavy atom. The second-order valence-corrected chi connectivity index (χ2v) is 6.31. The smallest absolute Gasteiger partial charge is 0.0117 e. The summed E-state index contributed by atoms with van der Waals surface area (Å²) in [5.74, 6) is 1.04. The summed E-state index contributed by atoms with van der Waals surface area (Å²) < 4.78 is 0. The Kier molecular flexibility index (Phi) is 5.30. The van der Waals surface area contributed by atoms with Crippen molar-refractivity contribution in [1.82, 2.24) is 9.80 Å². The van der Waals surface area contributed by atoms with E-state index in [1.807, 2.05) is 0 Å². The van der Waals surface area contributed by atoms with E-state index in [2.05, 4.69) is 23.9 Å². The predicted octanol–water partition coefficient (Wildman–Crippen LogP) is 2.98. The number of nitrogens with zero attached hydrogens (tertiary/aromatic N) is 2. The molecule has 1 heterocycles. The molecule has 2 rings (SSSR count). The lowest BCUT2D eigenvalue weighted by atomic mass is 9.87. The van der Waals surface area contributed by atoms with Crippen LogP contribution in [0.1, 0.15) is 51.4 Å². The fourth-order valence-corrected chi connectivity index (χ4v) is 3.48. The van der Waals surface area contributed by atoms with Crippen LogP contribution in [0.25, 0.3) is 0 Å². The summed E-state index contributed by atoms with van der Waals surface area (Å²) in [7, 11) is 4.59. The summed E-state index contributed by atoms with van der Waals surface area (Å²) in [4.78, 5) is 5.10. The average molecular weight is 238 g/mol. The highest BCUT2D eigenvalue weighted by Gasteiger charge is 2.21. The van der Waals surface area contributed by atoms with Gasteiger partial charge in [-0.1, -0.05) is 32.1 Å². The normalized spacial score (nSPS) is 25.6. The molecule has 0 aromatic carbocycles. The third-order valence-electron chi connectivity index (χ3n) is 4.93. The van der Waals surface area contributed by atoms with Crippen molar-refractivity contribution >= 4 is 0 Å². The molecule has 1 saturated heterocycles. The van der Waals surface area contributed by atoms with Crippen LogP contribution in [0.15, 0.2) is 0 Å². The summed E-state index contributed by atoms with van der Waals surface area (Å²) in [6.45, 7) is 3.91. The van der Waals surface area contributed by atoms with Gasteiger partial charge < -0.3 is 9.80 Å². The first-order valence-electron chi connectivity index (χ1n) is 7.64. The Hall–Kier alpha value is -0.0800. The van der Waals surface area contributed by atoms with E-state index in [0.717, 1.165) is 12.0 Å². The molecule has 1 saturated carbocycles. The van der Waals surface area contributed by atoms with Crippen LogP contribution in [0.3, 0.4) is 0 Å². The zero-order valence-corrected chi connectivity index (χ0v) is 11.8. The Balaban J connectivity index is 1.64. The quantitative estimate of drug-likeness (QED) is 0.743. The van der Waals surface area contributed by atoms with Crippen LogP contribution < -0.4 is 0 Å². The molecular weight excluding hydrogens is 208 g/mol. The topological polar surface area (TPSA) is 6.48 Å². The van der Waals surface area contributed by atoms with E-state index in [-0.39, 0.29) is 0 Å². The van der Waals surface area contributed by atoms with E-state index in [9.17, 15) is 0 Å². The van der Waals surface area contributed by atoms with Crippen molar-refractivity contribution in [3.8, 4) is 0 Å². The number of piperidine rings is 1. The molecule has 1 aliphatic heterocycles. The average Bonchev–Trinajstić information content (AvgIpc) is 2.38.